The molecule has 0 radical (unpaired) electrons. The van der Waals surface area contributed by atoms with Gasteiger partial charge in [-0.25, -0.2) is 0 Å². The summed E-state index contributed by atoms with van der Waals surface area (Å²) >= 11 is 0. The Morgan fingerprint density at radius 1 is 1.06 bits per heavy atom. The van der Waals surface area contributed by atoms with E-state index in [2.05, 4.69) is 18.7 Å². The number of fused-ring (bicyclic) bond motifs is 3. The number of nitrogens with zero attached hydrogens (tertiary/aromatic N) is 3. The van der Waals surface area contributed by atoms with Crippen LogP contribution in [0.1, 0.15) is 77.7 Å². The summed E-state index contributed by atoms with van der Waals surface area (Å²) in [6.07, 6.45) is -0.821. The maximum Gasteiger partial charge on any atom is 0.389 e. The first-order valence-corrected chi connectivity index (χ1v) is 13.1. The van der Waals surface area contributed by atoms with Gasteiger partial charge in [0.2, 0.25) is 11.8 Å². The topological polar surface area (TPSA) is 43.9 Å². The van der Waals surface area contributed by atoms with Crippen LogP contribution in [-0.2, 0) is 16.1 Å². The number of halogens is 3. The highest BCUT2D eigenvalue weighted by molar-refractivity contribution is 5.94. The monoisotopic (exact) mass is 495 g/mol. The molecule has 2 aliphatic heterocycles. The van der Waals surface area contributed by atoms with Gasteiger partial charge in [-0.05, 0) is 49.8 Å². The van der Waals surface area contributed by atoms with Crippen LogP contribution in [-0.4, -0.2) is 59.5 Å². The number of anilines is 1. The van der Waals surface area contributed by atoms with Gasteiger partial charge in [0.25, 0.3) is 0 Å². The summed E-state index contributed by atoms with van der Waals surface area (Å²) in [5.74, 6) is 0.0734. The summed E-state index contributed by atoms with van der Waals surface area (Å²) in [6.45, 7) is 8.34. The Morgan fingerprint density at radius 3 is 2.46 bits per heavy atom. The molecule has 1 aromatic carbocycles. The van der Waals surface area contributed by atoms with Gasteiger partial charge >= 0.3 is 6.18 Å². The molecular weight excluding hydrogens is 455 g/mol. The zero-order chi connectivity index (χ0) is 25.6. The standard InChI is InChI=1S/C27H40F3N3O2/c1-4-25(34)33-17-14-22-9-7-10-23(32(22)16-13-20(2)3)19-31(26(35)12-15-27(28,29)30)18-21-8-5-6-11-24(21)33/h5-6,8,11,20,22-23H,4,7,9-10,12-19H2,1-3H3. The first kappa shape index (κ1) is 27.5. The first-order chi connectivity index (χ1) is 16.6. The Kier molecular flexibility index (Phi) is 9.62. The molecule has 2 bridgehead atoms. The number of hydrogen-bond donors (Lipinski definition) is 0. The number of hydrogen-bond acceptors (Lipinski definition) is 3. The molecule has 1 saturated heterocycles. The fraction of sp³-hybridized carbons (Fsp3) is 0.704. The van der Waals surface area contributed by atoms with E-state index in [9.17, 15) is 22.8 Å². The van der Waals surface area contributed by atoms with Gasteiger partial charge in [0.1, 0.15) is 0 Å². The van der Waals surface area contributed by atoms with Crippen LogP contribution >= 0.6 is 0 Å². The minimum absolute atomic E-state index is 0.0211. The molecule has 0 N–H and O–H groups in total. The zero-order valence-electron chi connectivity index (χ0n) is 21.3. The predicted octanol–water partition coefficient (Wildman–Crippen LogP) is 5.77. The van der Waals surface area contributed by atoms with Crippen molar-refractivity contribution < 1.29 is 22.8 Å². The van der Waals surface area contributed by atoms with Crippen LogP contribution in [0.5, 0.6) is 0 Å². The van der Waals surface area contributed by atoms with Crippen LogP contribution in [0.3, 0.4) is 0 Å². The SMILES string of the molecule is CCC(=O)N1CCC2CCCC(CN(C(=O)CCC(F)(F)F)Cc3ccccc31)N2CCC(C)C. The largest absolute Gasteiger partial charge is 0.389 e. The van der Waals surface area contributed by atoms with Gasteiger partial charge in [-0.1, -0.05) is 45.4 Å². The van der Waals surface area contributed by atoms with E-state index < -0.39 is 24.9 Å². The maximum absolute atomic E-state index is 13.1. The van der Waals surface area contributed by atoms with Gasteiger partial charge in [0, 0.05) is 50.2 Å². The molecule has 196 valence electrons. The lowest BCUT2D eigenvalue weighted by Crippen LogP contribution is -2.53. The Morgan fingerprint density at radius 2 is 1.77 bits per heavy atom. The molecule has 2 aliphatic rings. The summed E-state index contributed by atoms with van der Waals surface area (Å²) in [4.78, 5) is 32.0. The number of piperidine rings is 1. The molecular formula is C27H40F3N3O2. The minimum atomic E-state index is -4.37. The molecule has 0 spiro atoms. The summed E-state index contributed by atoms with van der Waals surface area (Å²) in [6, 6.07) is 7.91. The van der Waals surface area contributed by atoms with E-state index in [-0.39, 0.29) is 24.5 Å². The molecule has 0 aliphatic carbocycles. The van der Waals surface area contributed by atoms with Gasteiger partial charge in [0.15, 0.2) is 0 Å². The van der Waals surface area contributed by atoms with Crippen molar-refractivity contribution in [2.24, 2.45) is 5.92 Å². The molecule has 8 heteroatoms. The Labute approximate surface area is 207 Å². The van der Waals surface area contributed by atoms with Crippen LogP contribution in [0, 0.1) is 5.92 Å². The Bertz CT molecular complexity index is 858. The molecule has 2 heterocycles. The summed E-state index contributed by atoms with van der Waals surface area (Å²) < 4.78 is 38.8. The lowest BCUT2D eigenvalue weighted by atomic mass is 9.92. The summed E-state index contributed by atoms with van der Waals surface area (Å²) in [5, 5.41) is 0. The minimum Gasteiger partial charge on any atom is -0.337 e. The van der Waals surface area contributed by atoms with Crippen molar-refractivity contribution in [3.63, 3.8) is 0 Å². The van der Waals surface area contributed by atoms with Gasteiger partial charge in [-0.15, -0.1) is 0 Å². The fourth-order valence-electron chi connectivity index (χ4n) is 5.38. The van der Waals surface area contributed by atoms with E-state index in [4.69, 9.17) is 0 Å². The van der Waals surface area contributed by atoms with Crippen molar-refractivity contribution in [2.45, 2.75) is 96.9 Å². The lowest BCUT2D eigenvalue weighted by molar-refractivity contribution is -0.150. The molecule has 35 heavy (non-hydrogen) atoms. The summed E-state index contributed by atoms with van der Waals surface area (Å²) in [5.41, 5.74) is 1.57. The Hall–Kier alpha value is -2.09. The second-order valence-corrected chi connectivity index (χ2v) is 10.4. The molecule has 2 unspecified atom stereocenters. The second-order valence-electron chi connectivity index (χ2n) is 10.4. The third-order valence-corrected chi connectivity index (χ3v) is 7.32. The number of para-hydroxylation sites is 1. The smallest absolute Gasteiger partial charge is 0.337 e. The van der Waals surface area contributed by atoms with Gasteiger partial charge in [-0.3, -0.25) is 14.5 Å². The van der Waals surface area contributed by atoms with Crippen molar-refractivity contribution in [1.82, 2.24) is 9.80 Å². The highest BCUT2D eigenvalue weighted by atomic mass is 19.4. The first-order valence-electron chi connectivity index (χ1n) is 13.1. The predicted molar refractivity (Wildman–Crippen MR) is 132 cm³/mol. The molecule has 0 saturated carbocycles. The number of alkyl halides is 3. The third-order valence-electron chi connectivity index (χ3n) is 7.32. The average molecular weight is 496 g/mol. The number of carbonyl (C=O) groups excluding carboxylic acids is 2. The number of carbonyl (C=O) groups is 2. The van der Waals surface area contributed by atoms with Crippen LogP contribution in [0.2, 0.25) is 0 Å². The fourth-order valence-corrected chi connectivity index (χ4v) is 5.38. The molecule has 2 atom stereocenters. The van der Waals surface area contributed by atoms with E-state index in [1.807, 2.05) is 36.1 Å². The van der Waals surface area contributed by atoms with Crippen LogP contribution in [0.15, 0.2) is 24.3 Å². The van der Waals surface area contributed by atoms with Gasteiger partial charge in [-0.2, -0.15) is 13.2 Å². The van der Waals surface area contributed by atoms with E-state index in [1.54, 1.807) is 4.90 Å². The van der Waals surface area contributed by atoms with Crippen LogP contribution in [0.4, 0.5) is 18.9 Å². The van der Waals surface area contributed by atoms with Crippen LogP contribution < -0.4 is 4.90 Å². The summed E-state index contributed by atoms with van der Waals surface area (Å²) in [7, 11) is 0. The van der Waals surface area contributed by atoms with Gasteiger partial charge in [0.05, 0.1) is 6.42 Å². The van der Waals surface area contributed by atoms with Crippen molar-refractivity contribution in [3.8, 4) is 0 Å². The molecule has 2 amide bonds. The molecule has 3 rings (SSSR count). The highest BCUT2D eigenvalue weighted by Gasteiger charge is 2.35. The lowest BCUT2D eigenvalue weighted by Gasteiger charge is -2.44. The quantitative estimate of drug-likeness (QED) is 0.503. The van der Waals surface area contributed by atoms with Gasteiger partial charge < -0.3 is 9.80 Å². The van der Waals surface area contributed by atoms with Crippen molar-refractivity contribution in [1.29, 1.82) is 0 Å². The van der Waals surface area contributed by atoms with E-state index >= 15 is 0 Å². The van der Waals surface area contributed by atoms with E-state index in [0.29, 0.717) is 25.4 Å². The van der Waals surface area contributed by atoms with Crippen LogP contribution in [0.25, 0.3) is 0 Å². The highest BCUT2D eigenvalue weighted by Crippen LogP contribution is 2.32. The number of amides is 2. The zero-order valence-corrected chi connectivity index (χ0v) is 21.3. The van der Waals surface area contributed by atoms with Crippen molar-refractivity contribution in [2.75, 3.05) is 24.5 Å². The number of rotatable bonds is 6. The molecule has 1 fully saturated rings. The van der Waals surface area contributed by atoms with Crippen molar-refractivity contribution in [3.05, 3.63) is 29.8 Å². The average Bonchev–Trinajstić information content (AvgIpc) is 2.82. The normalized spacial score (nSPS) is 22.0. The number of benzene rings is 1. The van der Waals surface area contributed by atoms with E-state index in [1.165, 1.54) is 0 Å². The van der Waals surface area contributed by atoms with E-state index in [0.717, 1.165) is 49.9 Å². The molecule has 1 aromatic rings. The van der Waals surface area contributed by atoms with Crippen molar-refractivity contribution >= 4 is 17.5 Å². The Balaban J connectivity index is 1.99. The molecule has 5 nitrogen and oxygen atoms in total. The second kappa shape index (κ2) is 12.2. The molecule has 0 aromatic heterocycles. The third kappa shape index (κ3) is 7.69. The maximum atomic E-state index is 13.1.